The molecule has 1 unspecified atom stereocenters. The number of H-pyrrole nitrogens is 1. The number of hydrogen-bond donors (Lipinski definition) is 4. The molecule has 3 rings (SSSR count). The van der Waals surface area contributed by atoms with Crippen LogP contribution >= 0.6 is 0 Å². The van der Waals surface area contributed by atoms with Crippen molar-refractivity contribution in [1.29, 1.82) is 0 Å². The first-order valence-electron chi connectivity index (χ1n) is 6.54. The number of carbonyl (C=O) groups excluding carboxylic acids is 2. The lowest BCUT2D eigenvalue weighted by molar-refractivity contribution is -0.127. The van der Waals surface area contributed by atoms with E-state index >= 15 is 0 Å². The lowest BCUT2D eigenvalue weighted by atomic mass is 10.0. The van der Waals surface area contributed by atoms with E-state index in [1.807, 2.05) is 0 Å². The SMILES string of the molecule is O=C(CNC(=O)C1Cc2nc[nH]c2CN1)NC1CC1. The van der Waals surface area contributed by atoms with E-state index in [0.29, 0.717) is 19.0 Å². The zero-order chi connectivity index (χ0) is 13.2. The van der Waals surface area contributed by atoms with Gasteiger partial charge in [-0.1, -0.05) is 0 Å². The minimum absolute atomic E-state index is 0.0426. The van der Waals surface area contributed by atoms with Gasteiger partial charge in [-0.2, -0.15) is 0 Å². The summed E-state index contributed by atoms with van der Waals surface area (Å²) in [4.78, 5) is 30.6. The highest BCUT2D eigenvalue weighted by molar-refractivity contribution is 5.87. The Morgan fingerprint density at radius 2 is 2.26 bits per heavy atom. The number of imidazole rings is 1. The monoisotopic (exact) mass is 263 g/mol. The Balaban J connectivity index is 1.47. The third kappa shape index (κ3) is 2.93. The number of rotatable bonds is 4. The molecule has 1 aliphatic heterocycles. The van der Waals surface area contributed by atoms with Crippen LogP contribution in [0.25, 0.3) is 0 Å². The molecule has 1 atom stereocenters. The van der Waals surface area contributed by atoms with Gasteiger partial charge in [-0.15, -0.1) is 0 Å². The van der Waals surface area contributed by atoms with Crippen molar-refractivity contribution >= 4 is 11.8 Å². The molecule has 19 heavy (non-hydrogen) atoms. The highest BCUT2D eigenvalue weighted by atomic mass is 16.2. The van der Waals surface area contributed by atoms with Crippen molar-refractivity contribution < 1.29 is 9.59 Å². The second-order valence-corrected chi connectivity index (χ2v) is 5.02. The molecule has 1 aliphatic carbocycles. The number of carbonyl (C=O) groups is 2. The van der Waals surface area contributed by atoms with Crippen molar-refractivity contribution in [3.05, 3.63) is 17.7 Å². The highest BCUT2D eigenvalue weighted by Crippen LogP contribution is 2.18. The van der Waals surface area contributed by atoms with Crippen LogP contribution < -0.4 is 16.0 Å². The number of aromatic nitrogens is 2. The summed E-state index contributed by atoms with van der Waals surface area (Å²) in [7, 11) is 0. The zero-order valence-electron chi connectivity index (χ0n) is 10.5. The molecule has 4 N–H and O–H groups in total. The third-order valence-electron chi connectivity index (χ3n) is 3.41. The summed E-state index contributed by atoms with van der Waals surface area (Å²) in [6, 6.07) is 0.00773. The molecule has 1 fully saturated rings. The standard InChI is InChI=1S/C12H17N5O2/c18-11(17-7-1-2-7)5-14-12(19)9-3-8-10(4-13-9)16-6-15-8/h6-7,9,13H,1-5H2,(H,14,19)(H,15,16)(H,17,18). The molecular formula is C12H17N5O2. The van der Waals surface area contributed by atoms with E-state index < -0.39 is 0 Å². The molecule has 7 heteroatoms. The Kier molecular flexibility index (Phi) is 3.20. The first-order valence-corrected chi connectivity index (χ1v) is 6.54. The van der Waals surface area contributed by atoms with Crippen molar-refractivity contribution in [1.82, 2.24) is 25.9 Å². The fraction of sp³-hybridized carbons (Fsp3) is 0.583. The molecule has 0 saturated heterocycles. The van der Waals surface area contributed by atoms with Gasteiger partial charge < -0.3 is 15.6 Å². The second-order valence-electron chi connectivity index (χ2n) is 5.02. The summed E-state index contributed by atoms with van der Waals surface area (Å²) < 4.78 is 0. The Hall–Kier alpha value is -1.89. The number of aromatic amines is 1. The summed E-state index contributed by atoms with van der Waals surface area (Å²) in [6.07, 6.45) is 4.28. The summed E-state index contributed by atoms with van der Waals surface area (Å²) in [5.41, 5.74) is 1.94. The van der Waals surface area contributed by atoms with Crippen LogP contribution in [0.4, 0.5) is 0 Å². The van der Waals surface area contributed by atoms with Crippen LogP contribution in [0.15, 0.2) is 6.33 Å². The predicted molar refractivity (Wildman–Crippen MR) is 67.1 cm³/mol. The van der Waals surface area contributed by atoms with E-state index in [4.69, 9.17) is 0 Å². The molecule has 102 valence electrons. The summed E-state index contributed by atoms with van der Waals surface area (Å²) in [5.74, 6) is -0.272. The van der Waals surface area contributed by atoms with Crippen molar-refractivity contribution in [2.75, 3.05) is 6.54 Å². The molecule has 7 nitrogen and oxygen atoms in total. The average Bonchev–Trinajstić information content (AvgIpc) is 3.09. The highest BCUT2D eigenvalue weighted by Gasteiger charge is 2.27. The molecule has 2 heterocycles. The van der Waals surface area contributed by atoms with Crippen LogP contribution in [0, 0.1) is 0 Å². The molecule has 2 amide bonds. The van der Waals surface area contributed by atoms with Gasteiger partial charge in [0.25, 0.3) is 0 Å². The van der Waals surface area contributed by atoms with Crippen molar-refractivity contribution in [3.63, 3.8) is 0 Å². The Bertz CT molecular complexity index is 494. The molecule has 2 aliphatic rings. The molecule has 0 spiro atoms. The van der Waals surface area contributed by atoms with Gasteiger partial charge in [0.15, 0.2) is 0 Å². The summed E-state index contributed by atoms with van der Waals surface area (Å²) in [6.45, 7) is 0.641. The predicted octanol–water partition coefficient (Wildman–Crippen LogP) is -1.18. The smallest absolute Gasteiger partial charge is 0.239 e. The molecule has 0 aromatic carbocycles. The normalized spacial score (nSPS) is 21.6. The van der Waals surface area contributed by atoms with Gasteiger partial charge in [0, 0.05) is 19.0 Å². The maximum atomic E-state index is 11.9. The summed E-state index contributed by atoms with van der Waals surface area (Å²) >= 11 is 0. The van der Waals surface area contributed by atoms with E-state index in [0.717, 1.165) is 24.2 Å². The van der Waals surface area contributed by atoms with Crippen LogP contribution in [0.3, 0.4) is 0 Å². The average molecular weight is 263 g/mol. The van der Waals surface area contributed by atoms with Crippen LogP contribution in [0.1, 0.15) is 24.2 Å². The number of nitrogens with one attached hydrogen (secondary N) is 4. The molecule has 1 aromatic heterocycles. The van der Waals surface area contributed by atoms with Crippen LogP contribution in [-0.4, -0.2) is 40.4 Å². The Labute approximate surface area is 110 Å². The van der Waals surface area contributed by atoms with Crippen molar-refractivity contribution in [2.45, 2.75) is 37.9 Å². The van der Waals surface area contributed by atoms with Crippen LogP contribution in [0.5, 0.6) is 0 Å². The quantitative estimate of drug-likeness (QED) is 0.549. The maximum Gasteiger partial charge on any atom is 0.239 e. The van der Waals surface area contributed by atoms with E-state index in [2.05, 4.69) is 25.9 Å². The number of nitrogens with zero attached hydrogens (tertiary/aromatic N) is 1. The first-order chi connectivity index (χ1) is 9.22. The van der Waals surface area contributed by atoms with Crippen LogP contribution in [0.2, 0.25) is 0 Å². The molecule has 1 aromatic rings. The lowest BCUT2D eigenvalue weighted by Gasteiger charge is -2.22. The van der Waals surface area contributed by atoms with Crippen molar-refractivity contribution in [3.8, 4) is 0 Å². The van der Waals surface area contributed by atoms with E-state index in [1.54, 1.807) is 6.33 Å². The second kappa shape index (κ2) is 5.00. The van der Waals surface area contributed by atoms with Gasteiger partial charge in [-0.05, 0) is 12.8 Å². The van der Waals surface area contributed by atoms with Gasteiger partial charge >= 0.3 is 0 Å². The number of fused-ring (bicyclic) bond motifs is 1. The fourth-order valence-corrected chi connectivity index (χ4v) is 2.15. The zero-order valence-corrected chi connectivity index (χ0v) is 10.5. The largest absolute Gasteiger partial charge is 0.352 e. The minimum Gasteiger partial charge on any atom is -0.352 e. The lowest BCUT2D eigenvalue weighted by Crippen LogP contribution is -2.50. The molecule has 1 saturated carbocycles. The topological polar surface area (TPSA) is 98.9 Å². The fourth-order valence-electron chi connectivity index (χ4n) is 2.15. The van der Waals surface area contributed by atoms with E-state index in [1.165, 1.54) is 0 Å². The van der Waals surface area contributed by atoms with Crippen molar-refractivity contribution in [2.24, 2.45) is 0 Å². The van der Waals surface area contributed by atoms with Gasteiger partial charge in [0.1, 0.15) is 0 Å². The minimum atomic E-state index is -0.315. The Morgan fingerprint density at radius 3 is 3.05 bits per heavy atom. The summed E-state index contributed by atoms with van der Waals surface area (Å²) in [5, 5.41) is 8.61. The van der Waals surface area contributed by atoms with Gasteiger partial charge in [0.2, 0.25) is 11.8 Å². The van der Waals surface area contributed by atoms with Gasteiger partial charge in [0.05, 0.1) is 30.3 Å². The Morgan fingerprint density at radius 1 is 1.42 bits per heavy atom. The van der Waals surface area contributed by atoms with Crippen LogP contribution in [-0.2, 0) is 22.6 Å². The number of amides is 2. The number of hydrogen-bond acceptors (Lipinski definition) is 4. The third-order valence-corrected chi connectivity index (χ3v) is 3.41. The van der Waals surface area contributed by atoms with E-state index in [9.17, 15) is 9.59 Å². The van der Waals surface area contributed by atoms with Gasteiger partial charge in [-0.25, -0.2) is 4.98 Å². The first kappa shape index (κ1) is 12.2. The molecule has 0 bridgehead atoms. The molecular weight excluding hydrogens is 246 g/mol. The van der Waals surface area contributed by atoms with E-state index in [-0.39, 0.29) is 24.4 Å². The molecule has 0 radical (unpaired) electrons. The van der Waals surface area contributed by atoms with Gasteiger partial charge in [-0.3, -0.25) is 14.9 Å². The maximum absolute atomic E-state index is 11.9.